The number of benzene rings is 2. The maximum absolute atomic E-state index is 12.9. The summed E-state index contributed by atoms with van der Waals surface area (Å²) in [7, 11) is 0. The van der Waals surface area contributed by atoms with Gasteiger partial charge in [-0.25, -0.2) is 4.68 Å². The number of nitrogens with zero attached hydrogens (tertiary/aromatic N) is 2. The number of rotatable bonds is 5. The Bertz CT molecular complexity index is 1150. The van der Waals surface area contributed by atoms with Gasteiger partial charge in [0.15, 0.2) is 0 Å². The van der Waals surface area contributed by atoms with Crippen LogP contribution >= 0.6 is 11.3 Å². The lowest BCUT2D eigenvalue weighted by molar-refractivity contribution is 0.102. The smallest absolute Gasteiger partial charge is 0.266 e. The molecule has 29 heavy (non-hydrogen) atoms. The van der Waals surface area contributed by atoms with E-state index in [1.165, 1.54) is 17.5 Å². The van der Waals surface area contributed by atoms with E-state index < -0.39 is 0 Å². The molecule has 0 spiro atoms. The predicted molar refractivity (Wildman–Crippen MR) is 115 cm³/mol. The number of carbonyl (C=O) groups is 2. The van der Waals surface area contributed by atoms with E-state index >= 15 is 0 Å². The van der Waals surface area contributed by atoms with Gasteiger partial charge in [0.25, 0.3) is 11.8 Å². The van der Waals surface area contributed by atoms with E-state index in [0.29, 0.717) is 16.4 Å². The molecule has 4 rings (SSSR count). The van der Waals surface area contributed by atoms with Crippen molar-refractivity contribution in [1.29, 1.82) is 0 Å². The number of amides is 2. The quantitative estimate of drug-likeness (QED) is 0.506. The molecule has 2 heterocycles. The van der Waals surface area contributed by atoms with Crippen LogP contribution in [0, 0.1) is 6.92 Å². The minimum Gasteiger partial charge on any atom is -0.322 e. The summed E-state index contributed by atoms with van der Waals surface area (Å²) in [5.74, 6) is -0.318. The second-order valence-electron chi connectivity index (χ2n) is 6.41. The number of thiophene rings is 1. The zero-order valence-corrected chi connectivity index (χ0v) is 16.4. The topological polar surface area (TPSA) is 76.0 Å². The van der Waals surface area contributed by atoms with Gasteiger partial charge in [0.1, 0.15) is 11.4 Å². The van der Waals surface area contributed by atoms with Gasteiger partial charge in [-0.2, -0.15) is 5.10 Å². The molecule has 0 saturated carbocycles. The van der Waals surface area contributed by atoms with Crippen LogP contribution in [0.25, 0.3) is 5.69 Å². The van der Waals surface area contributed by atoms with Crippen molar-refractivity contribution in [3.05, 3.63) is 94.3 Å². The van der Waals surface area contributed by atoms with E-state index in [0.717, 1.165) is 11.3 Å². The van der Waals surface area contributed by atoms with Crippen LogP contribution in [0.15, 0.2) is 78.3 Å². The fraction of sp³-hybridized carbons (Fsp3) is 0.0455. The lowest BCUT2D eigenvalue weighted by Gasteiger charge is -2.11. The molecule has 2 N–H and O–H groups in total. The van der Waals surface area contributed by atoms with Crippen LogP contribution in [0.1, 0.15) is 25.6 Å². The van der Waals surface area contributed by atoms with Crippen molar-refractivity contribution in [3.8, 4) is 5.69 Å². The zero-order chi connectivity index (χ0) is 20.2. The van der Waals surface area contributed by atoms with Gasteiger partial charge in [-0.3, -0.25) is 9.59 Å². The third-order valence-electron chi connectivity index (χ3n) is 4.27. The standard InChI is InChI=1S/C22H18N4O2S/c1-15-7-5-8-16(13-15)24-21(27)18-14-23-26(17-9-3-2-4-10-17)20(18)25-22(28)19-11-6-12-29-19/h2-14H,1H3,(H,24,27)(H,25,28). The highest BCUT2D eigenvalue weighted by Gasteiger charge is 2.21. The van der Waals surface area contributed by atoms with Crippen molar-refractivity contribution >= 4 is 34.7 Å². The summed E-state index contributed by atoms with van der Waals surface area (Å²) >= 11 is 1.33. The molecule has 0 radical (unpaired) electrons. The first kappa shape index (κ1) is 18.6. The first-order valence-electron chi connectivity index (χ1n) is 8.98. The number of carbonyl (C=O) groups excluding carboxylic acids is 2. The van der Waals surface area contributed by atoms with E-state index in [-0.39, 0.29) is 17.4 Å². The first-order valence-corrected chi connectivity index (χ1v) is 9.86. The summed E-state index contributed by atoms with van der Waals surface area (Å²) in [5.41, 5.74) is 2.73. The van der Waals surface area contributed by atoms with Gasteiger partial charge in [0.2, 0.25) is 0 Å². The number of aromatic nitrogens is 2. The minimum atomic E-state index is -0.348. The molecule has 0 unspecified atom stereocenters. The molecule has 2 aromatic heterocycles. The summed E-state index contributed by atoms with van der Waals surface area (Å²) < 4.78 is 1.55. The molecule has 0 bridgehead atoms. The molecule has 4 aromatic rings. The van der Waals surface area contributed by atoms with Crippen LogP contribution in [0.4, 0.5) is 11.5 Å². The molecule has 2 aromatic carbocycles. The lowest BCUT2D eigenvalue weighted by atomic mass is 10.2. The van der Waals surface area contributed by atoms with Gasteiger partial charge >= 0.3 is 0 Å². The van der Waals surface area contributed by atoms with Crippen molar-refractivity contribution in [3.63, 3.8) is 0 Å². The summed E-state index contributed by atoms with van der Waals surface area (Å²) in [6, 6.07) is 20.4. The summed E-state index contributed by atoms with van der Waals surface area (Å²) in [6.45, 7) is 1.95. The zero-order valence-electron chi connectivity index (χ0n) is 15.6. The summed E-state index contributed by atoms with van der Waals surface area (Å²) in [5, 5.41) is 11.9. The summed E-state index contributed by atoms with van der Waals surface area (Å²) in [6.07, 6.45) is 1.46. The maximum Gasteiger partial charge on any atom is 0.266 e. The number of nitrogens with one attached hydrogen (secondary N) is 2. The molecule has 144 valence electrons. The van der Waals surface area contributed by atoms with Crippen LogP contribution in [0.3, 0.4) is 0 Å². The van der Waals surface area contributed by atoms with Crippen molar-refractivity contribution < 1.29 is 9.59 Å². The average Bonchev–Trinajstić information content (AvgIpc) is 3.39. The fourth-order valence-electron chi connectivity index (χ4n) is 2.90. The Morgan fingerprint density at radius 3 is 2.48 bits per heavy atom. The Labute approximate surface area is 171 Å². The molecule has 0 fully saturated rings. The van der Waals surface area contributed by atoms with Crippen LogP contribution in [-0.4, -0.2) is 21.6 Å². The third-order valence-corrected chi connectivity index (χ3v) is 5.14. The molecular formula is C22H18N4O2S. The van der Waals surface area contributed by atoms with Gasteiger partial charge in [-0.15, -0.1) is 11.3 Å². The molecule has 0 atom stereocenters. The Kier molecular flexibility index (Phi) is 5.22. The second-order valence-corrected chi connectivity index (χ2v) is 7.36. The van der Waals surface area contributed by atoms with Crippen LogP contribution in [0.5, 0.6) is 0 Å². The van der Waals surface area contributed by atoms with Gasteiger partial charge in [0.05, 0.1) is 16.8 Å². The Hall–Kier alpha value is -3.71. The molecular weight excluding hydrogens is 384 g/mol. The largest absolute Gasteiger partial charge is 0.322 e. The van der Waals surface area contributed by atoms with E-state index in [9.17, 15) is 9.59 Å². The van der Waals surface area contributed by atoms with Gasteiger partial charge < -0.3 is 10.6 Å². The Balaban J connectivity index is 1.70. The number of aryl methyl sites for hydroxylation is 1. The van der Waals surface area contributed by atoms with Gasteiger partial charge in [-0.05, 0) is 48.2 Å². The molecule has 2 amide bonds. The molecule has 0 saturated heterocycles. The Morgan fingerprint density at radius 2 is 1.76 bits per heavy atom. The van der Waals surface area contributed by atoms with Crippen molar-refractivity contribution in [2.45, 2.75) is 6.92 Å². The van der Waals surface area contributed by atoms with Gasteiger partial charge in [0, 0.05) is 5.69 Å². The van der Waals surface area contributed by atoms with Crippen LogP contribution in [0.2, 0.25) is 0 Å². The second kappa shape index (κ2) is 8.12. The van der Waals surface area contributed by atoms with Crippen molar-refractivity contribution in [1.82, 2.24) is 9.78 Å². The third kappa shape index (κ3) is 4.09. The van der Waals surface area contributed by atoms with Gasteiger partial charge in [-0.1, -0.05) is 36.4 Å². The van der Waals surface area contributed by atoms with E-state index in [1.807, 2.05) is 66.9 Å². The highest BCUT2D eigenvalue weighted by molar-refractivity contribution is 7.12. The predicted octanol–water partition coefficient (Wildman–Crippen LogP) is 4.75. The fourth-order valence-corrected chi connectivity index (χ4v) is 3.52. The minimum absolute atomic E-state index is 0.278. The molecule has 6 nitrogen and oxygen atoms in total. The highest BCUT2D eigenvalue weighted by atomic mass is 32.1. The van der Waals surface area contributed by atoms with Crippen molar-refractivity contribution in [2.75, 3.05) is 10.6 Å². The normalized spacial score (nSPS) is 10.5. The first-order chi connectivity index (χ1) is 14.1. The van der Waals surface area contributed by atoms with E-state index in [1.54, 1.807) is 16.8 Å². The number of para-hydroxylation sites is 1. The lowest BCUT2D eigenvalue weighted by Crippen LogP contribution is -2.19. The van der Waals surface area contributed by atoms with Crippen LogP contribution < -0.4 is 10.6 Å². The van der Waals surface area contributed by atoms with Crippen LogP contribution in [-0.2, 0) is 0 Å². The van der Waals surface area contributed by atoms with E-state index in [4.69, 9.17) is 0 Å². The summed E-state index contributed by atoms with van der Waals surface area (Å²) in [4.78, 5) is 26.2. The monoisotopic (exact) mass is 402 g/mol. The molecule has 0 aliphatic heterocycles. The SMILES string of the molecule is Cc1cccc(NC(=O)c2cnn(-c3ccccc3)c2NC(=O)c2cccs2)c1. The van der Waals surface area contributed by atoms with E-state index in [2.05, 4.69) is 15.7 Å². The Morgan fingerprint density at radius 1 is 0.931 bits per heavy atom. The number of hydrogen-bond acceptors (Lipinski definition) is 4. The maximum atomic E-state index is 12.9. The van der Waals surface area contributed by atoms with Crippen molar-refractivity contribution in [2.24, 2.45) is 0 Å². The average molecular weight is 402 g/mol. The number of anilines is 2. The molecule has 0 aliphatic carbocycles. The molecule has 0 aliphatic rings. The molecule has 7 heteroatoms. The highest BCUT2D eigenvalue weighted by Crippen LogP contribution is 2.23. The number of hydrogen-bond donors (Lipinski definition) is 2.